The second kappa shape index (κ2) is 8.34. The van der Waals surface area contributed by atoms with Gasteiger partial charge in [0.25, 0.3) is 0 Å². The van der Waals surface area contributed by atoms with Crippen LogP contribution < -0.4 is 10.6 Å². The molecule has 3 nitrogen and oxygen atoms in total. The van der Waals surface area contributed by atoms with E-state index < -0.39 is 11.6 Å². The second-order valence-electron chi connectivity index (χ2n) is 5.14. The van der Waals surface area contributed by atoms with Crippen molar-refractivity contribution in [3.8, 4) is 0 Å². The van der Waals surface area contributed by atoms with E-state index in [0.717, 1.165) is 32.0 Å². The summed E-state index contributed by atoms with van der Waals surface area (Å²) in [6, 6.07) is 3.43. The van der Waals surface area contributed by atoms with Crippen molar-refractivity contribution < 1.29 is 13.6 Å². The van der Waals surface area contributed by atoms with E-state index in [-0.39, 0.29) is 5.91 Å². The molecule has 0 spiro atoms. The lowest BCUT2D eigenvalue weighted by Crippen LogP contribution is -2.32. The first kappa shape index (κ1) is 16.2. The van der Waals surface area contributed by atoms with Gasteiger partial charge in [-0.3, -0.25) is 4.79 Å². The van der Waals surface area contributed by atoms with Crippen LogP contribution in [-0.4, -0.2) is 36.5 Å². The number of benzene rings is 1. The molecule has 2 N–H and O–H groups in total. The van der Waals surface area contributed by atoms with Crippen LogP contribution in [0.2, 0.25) is 0 Å². The van der Waals surface area contributed by atoms with Crippen LogP contribution in [0.25, 0.3) is 0 Å². The van der Waals surface area contributed by atoms with Gasteiger partial charge in [-0.1, -0.05) is 0 Å². The summed E-state index contributed by atoms with van der Waals surface area (Å²) in [4.78, 5) is 11.7. The van der Waals surface area contributed by atoms with Crippen molar-refractivity contribution in [1.29, 1.82) is 0 Å². The van der Waals surface area contributed by atoms with Gasteiger partial charge in [0.2, 0.25) is 5.91 Å². The molecular weight excluding hydrogens is 294 g/mol. The highest BCUT2D eigenvalue weighted by molar-refractivity contribution is 8.00. The third kappa shape index (κ3) is 6.01. The molecule has 0 aliphatic carbocycles. The van der Waals surface area contributed by atoms with Crippen LogP contribution in [-0.2, 0) is 11.2 Å². The van der Waals surface area contributed by atoms with E-state index in [0.29, 0.717) is 29.5 Å². The topological polar surface area (TPSA) is 41.1 Å². The quantitative estimate of drug-likeness (QED) is 0.845. The van der Waals surface area contributed by atoms with Gasteiger partial charge in [-0.15, -0.1) is 11.8 Å². The Morgan fingerprint density at radius 3 is 2.57 bits per heavy atom. The standard InChI is InChI=1S/C15H20F2N2OS/c16-12-7-11(8-13(17)9-12)1-6-19-15(20)10-21-14-2-4-18-5-3-14/h7-9,14,18H,1-6,10H2,(H,19,20). The number of rotatable bonds is 6. The molecule has 0 bridgehead atoms. The Labute approximate surface area is 127 Å². The van der Waals surface area contributed by atoms with Crippen LogP contribution in [0, 0.1) is 11.6 Å². The van der Waals surface area contributed by atoms with Gasteiger partial charge in [0.05, 0.1) is 5.75 Å². The third-order valence-electron chi connectivity index (χ3n) is 3.39. The summed E-state index contributed by atoms with van der Waals surface area (Å²) in [6.45, 7) is 2.43. The fourth-order valence-electron chi connectivity index (χ4n) is 2.31. The van der Waals surface area contributed by atoms with Gasteiger partial charge in [0.15, 0.2) is 0 Å². The lowest BCUT2D eigenvalue weighted by molar-refractivity contribution is -0.118. The minimum atomic E-state index is -0.585. The van der Waals surface area contributed by atoms with Crippen LogP contribution in [0.3, 0.4) is 0 Å². The average molecular weight is 314 g/mol. The third-order valence-corrected chi connectivity index (χ3v) is 4.77. The number of halogens is 2. The van der Waals surface area contributed by atoms with E-state index in [1.807, 2.05) is 0 Å². The molecule has 1 heterocycles. The summed E-state index contributed by atoms with van der Waals surface area (Å²) >= 11 is 1.68. The van der Waals surface area contributed by atoms with Crippen LogP contribution >= 0.6 is 11.8 Å². The van der Waals surface area contributed by atoms with Crippen molar-refractivity contribution in [3.63, 3.8) is 0 Å². The van der Waals surface area contributed by atoms with Crippen molar-refractivity contribution in [1.82, 2.24) is 10.6 Å². The molecule has 0 saturated carbocycles. The van der Waals surface area contributed by atoms with Crippen molar-refractivity contribution in [2.24, 2.45) is 0 Å². The maximum absolute atomic E-state index is 13.0. The van der Waals surface area contributed by atoms with Crippen LogP contribution in [0.15, 0.2) is 18.2 Å². The number of nitrogens with one attached hydrogen (secondary N) is 2. The monoisotopic (exact) mass is 314 g/mol. The Kier molecular flexibility index (Phi) is 6.45. The lowest BCUT2D eigenvalue weighted by Gasteiger charge is -2.21. The molecule has 0 unspecified atom stereocenters. The first-order valence-electron chi connectivity index (χ1n) is 7.17. The molecule has 116 valence electrons. The van der Waals surface area contributed by atoms with E-state index >= 15 is 0 Å². The Balaban J connectivity index is 1.64. The maximum Gasteiger partial charge on any atom is 0.230 e. The molecule has 1 fully saturated rings. The number of thioether (sulfide) groups is 1. The zero-order valence-corrected chi connectivity index (χ0v) is 12.6. The number of amides is 1. The first-order chi connectivity index (χ1) is 10.1. The smallest absolute Gasteiger partial charge is 0.230 e. The zero-order chi connectivity index (χ0) is 15.1. The zero-order valence-electron chi connectivity index (χ0n) is 11.8. The maximum atomic E-state index is 13.0. The van der Waals surface area contributed by atoms with Crippen LogP contribution in [0.1, 0.15) is 18.4 Å². The van der Waals surface area contributed by atoms with Gasteiger partial charge in [0, 0.05) is 17.9 Å². The normalized spacial score (nSPS) is 15.9. The highest BCUT2D eigenvalue weighted by Crippen LogP contribution is 2.19. The largest absolute Gasteiger partial charge is 0.355 e. The van der Waals surface area contributed by atoms with Crippen molar-refractivity contribution >= 4 is 17.7 Å². The summed E-state index contributed by atoms with van der Waals surface area (Å²) in [6.07, 6.45) is 2.62. The second-order valence-corrected chi connectivity index (χ2v) is 6.43. The van der Waals surface area contributed by atoms with Gasteiger partial charge in [0.1, 0.15) is 11.6 Å². The van der Waals surface area contributed by atoms with Crippen molar-refractivity contribution in [2.75, 3.05) is 25.4 Å². The fraction of sp³-hybridized carbons (Fsp3) is 0.533. The SMILES string of the molecule is O=C(CSC1CCNCC1)NCCc1cc(F)cc(F)c1. The molecule has 1 aliphatic heterocycles. The minimum absolute atomic E-state index is 0.0181. The van der Waals surface area contributed by atoms with Gasteiger partial charge in [-0.2, -0.15) is 0 Å². The molecule has 1 aromatic rings. The summed E-state index contributed by atoms with van der Waals surface area (Å²) in [5.74, 6) is -0.742. The molecular formula is C15H20F2N2OS. The van der Waals surface area contributed by atoms with Crippen LogP contribution in [0.4, 0.5) is 8.78 Å². The van der Waals surface area contributed by atoms with Gasteiger partial charge in [-0.25, -0.2) is 8.78 Å². The fourth-order valence-corrected chi connectivity index (χ4v) is 3.37. The average Bonchev–Trinajstić information content (AvgIpc) is 2.45. The van der Waals surface area contributed by atoms with Crippen molar-refractivity contribution in [3.05, 3.63) is 35.4 Å². The highest BCUT2D eigenvalue weighted by atomic mass is 32.2. The highest BCUT2D eigenvalue weighted by Gasteiger charge is 2.14. The number of hydrogen-bond donors (Lipinski definition) is 2. The summed E-state index contributed by atoms with van der Waals surface area (Å²) in [5, 5.41) is 6.63. The Morgan fingerprint density at radius 2 is 1.90 bits per heavy atom. The predicted molar refractivity (Wildman–Crippen MR) is 81.4 cm³/mol. The summed E-state index contributed by atoms with van der Waals surface area (Å²) < 4.78 is 26.0. The van der Waals surface area contributed by atoms with Crippen molar-refractivity contribution in [2.45, 2.75) is 24.5 Å². The van der Waals surface area contributed by atoms with E-state index in [9.17, 15) is 13.6 Å². The first-order valence-corrected chi connectivity index (χ1v) is 8.22. The van der Waals surface area contributed by atoms with E-state index in [2.05, 4.69) is 10.6 Å². The van der Waals surface area contributed by atoms with Gasteiger partial charge in [-0.05, 0) is 50.0 Å². The molecule has 1 amide bonds. The summed E-state index contributed by atoms with van der Waals surface area (Å²) in [7, 11) is 0. The molecule has 1 saturated heterocycles. The summed E-state index contributed by atoms with van der Waals surface area (Å²) in [5.41, 5.74) is 0.554. The molecule has 0 radical (unpaired) electrons. The van der Waals surface area contributed by atoms with E-state index in [1.54, 1.807) is 11.8 Å². The molecule has 1 aliphatic rings. The van der Waals surface area contributed by atoms with E-state index in [1.165, 1.54) is 12.1 Å². The predicted octanol–water partition coefficient (Wildman–Crippen LogP) is 2.11. The molecule has 0 atom stereocenters. The number of carbonyl (C=O) groups is 1. The number of carbonyl (C=O) groups excluding carboxylic acids is 1. The molecule has 6 heteroatoms. The van der Waals surface area contributed by atoms with Gasteiger partial charge >= 0.3 is 0 Å². The van der Waals surface area contributed by atoms with Gasteiger partial charge < -0.3 is 10.6 Å². The molecule has 1 aromatic carbocycles. The lowest BCUT2D eigenvalue weighted by atomic mass is 10.1. The van der Waals surface area contributed by atoms with E-state index in [4.69, 9.17) is 0 Å². The molecule has 2 rings (SSSR count). The Hall–Kier alpha value is -1.14. The minimum Gasteiger partial charge on any atom is -0.355 e. The number of hydrogen-bond acceptors (Lipinski definition) is 3. The Morgan fingerprint density at radius 1 is 1.24 bits per heavy atom. The Bertz CT molecular complexity index is 458. The number of piperidine rings is 1. The molecule has 0 aromatic heterocycles. The molecule has 21 heavy (non-hydrogen) atoms. The van der Waals surface area contributed by atoms with Crippen LogP contribution in [0.5, 0.6) is 0 Å².